The number of nitrogens with zero attached hydrogens (tertiary/aromatic N) is 4. The summed E-state index contributed by atoms with van der Waals surface area (Å²) < 4.78 is 0. The largest absolute Gasteiger partial charge is 0.349 e. The van der Waals surface area contributed by atoms with Gasteiger partial charge in [0.15, 0.2) is 5.82 Å². The van der Waals surface area contributed by atoms with E-state index in [1.54, 1.807) is 0 Å². The Kier molecular flexibility index (Phi) is 4.48. The van der Waals surface area contributed by atoms with Crippen LogP contribution in [0.2, 0.25) is 0 Å². The molecule has 0 bridgehead atoms. The third-order valence-electron chi connectivity index (χ3n) is 4.65. The molecule has 2 fully saturated rings. The van der Waals surface area contributed by atoms with E-state index in [9.17, 15) is 4.79 Å². The van der Waals surface area contributed by atoms with E-state index >= 15 is 0 Å². The van der Waals surface area contributed by atoms with Crippen LogP contribution in [0.1, 0.15) is 50.8 Å². The number of hydrogen-bond donors (Lipinski definition) is 2. The number of tetrazole rings is 1. The Hall–Kier alpha value is -1.50. The Balaban J connectivity index is 1.62. The van der Waals surface area contributed by atoms with E-state index in [-0.39, 0.29) is 17.9 Å². The van der Waals surface area contributed by atoms with E-state index in [4.69, 9.17) is 0 Å². The highest BCUT2D eigenvalue weighted by Gasteiger charge is 2.36. The maximum atomic E-state index is 12.3. The lowest BCUT2D eigenvalue weighted by molar-refractivity contribution is -0.123. The fraction of sp³-hybridized carbons (Fsp3) is 0.857. The average molecular weight is 292 g/mol. The zero-order valence-electron chi connectivity index (χ0n) is 12.5. The smallest absolute Gasteiger partial charge is 0.228 e. The first-order chi connectivity index (χ1) is 10.3. The molecule has 0 unspecified atom stereocenters. The standard InChI is InChI=1S/C14H24N6O/c21-13(10-12-16-18-19-17-12)15-14(6-2-1-3-7-14)11-20-8-4-5-9-20/h1-11H2,(H,15,21)(H,16,17,18,19). The third kappa shape index (κ3) is 3.78. The van der Waals surface area contributed by atoms with Crippen LogP contribution in [0.3, 0.4) is 0 Å². The summed E-state index contributed by atoms with van der Waals surface area (Å²) in [4.78, 5) is 14.8. The molecule has 2 aliphatic rings. The number of amides is 1. The number of nitrogens with one attached hydrogen (secondary N) is 2. The molecule has 2 heterocycles. The molecule has 1 aromatic rings. The van der Waals surface area contributed by atoms with Crippen LogP contribution in [0.15, 0.2) is 0 Å². The third-order valence-corrected chi connectivity index (χ3v) is 4.65. The van der Waals surface area contributed by atoms with Crippen molar-refractivity contribution in [2.45, 2.75) is 56.9 Å². The molecule has 3 rings (SSSR count). The van der Waals surface area contributed by atoms with Crippen LogP contribution >= 0.6 is 0 Å². The number of likely N-dealkylation sites (tertiary alicyclic amines) is 1. The second-order valence-corrected chi connectivity index (χ2v) is 6.38. The van der Waals surface area contributed by atoms with E-state index < -0.39 is 0 Å². The lowest BCUT2D eigenvalue weighted by Gasteiger charge is -2.41. The molecule has 0 atom stereocenters. The zero-order chi connectivity index (χ0) is 14.5. The lowest BCUT2D eigenvalue weighted by atomic mass is 9.81. The van der Waals surface area contributed by atoms with Crippen LogP contribution in [0.4, 0.5) is 0 Å². The highest BCUT2D eigenvalue weighted by atomic mass is 16.1. The molecular weight excluding hydrogens is 268 g/mol. The Morgan fingerprint density at radius 3 is 2.62 bits per heavy atom. The predicted octanol–water partition coefficient (Wildman–Crippen LogP) is 0.657. The van der Waals surface area contributed by atoms with E-state index in [2.05, 4.69) is 30.8 Å². The van der Waals surface area contributed by atoms with Gasteiger partial charge in [0.05, 0.1) is 12.0 Å². The van der Waals surface area contributed by atoms with E-state index in [1.807, 2.05) is 0 Å². The topological polar surface area (TPSA) is 86.8 Å². The quantitative estimate of drug-likeness (QED) is 0.832. The molecular formula is C14H24N6O. The molecule has 21 heavy (non-hydrogen) atoms. The first-order valence-corrected chi connectivity index (χ1v) is 8.02. The monoisotopic (exact) mass is 292 g/mol. The summed E-state index contributed by atoms with van der Waals surface area (Å²) in [6, 6.07) is 0. The summed E-state index contributed by atoms with van der Waals surface area (Å²) in [6.45, 7) is 3.33. The maximum Gasteiger partial charge on any atom is 0.228 e. The first kappa shape index (κ1) is 14.4. The SMILES string of the molecule is O=C(Cc1nn[nH]n1)NC1(CN2CCCC2)CCCCC1. The Morgan fingerprint density at radius 2 is 1.95 bits per heavy atom. The molecule has 1 saturated heterocycles. The summed E-state index contributed by atoms with van der Waals surface area (Å²) in [5.41, 5.74) is -0.0522. The van der Waals surface area contributed by atoms with Crippen molar-refractivity contribution in [1.82, 2.24) is 30.8 Å². The minimum absolute atomic E-state index is 0.0116. The molecule has 0 spiro atoms. The molecule has 1 amide bonds. The van der Waals surface area contributed by atoms with Gasteiger partial charge in [-0.2, -0.15) is 5.21 Å². The van der Waals surface area contributed by atoms with Crippen molar-refractivity contribution in [3.05, 3.63) is 5.82 Å². The van der Waals surface area contributed by atoms with Gasteiger partial charge < -0.3 is 10.2 Å². The lowest BCUT2D eigenvalue weighted by Crippen LogP contribution is -2.56. The first-order valence-electron chi connectivity index (χ1n) is 8.02. The van der Waals surface area contributed by atoms with Gasteiger partial charge >= 0.3 is 0 Å². The predicted molar refractivity (Wildman–Crippen MR) is 77.5 cm³/mol. The van der Waals surface area contributed by atoms with Crippen molar-refractivity contribution < 1.29 is 4.79 Å². The Labute approximate surface area is 124 Å². The van der Waals surface area contributed by atoms with Crippen molar-refractivity contribution in [2.75, 3.05) is 19.6 Å². The minimum Gasteiger partial charge on any atom is -0.349 e. The van der Waals surface area contributed by atoms with Gasteiger partial charge in [0.2, 0.25) is 5.91 Å². The summed E-state index contributed by atoms with van der Waals surface area (Å²) >= 11 is 0. The minimum atomic E-state index is -0.0522. The number of carbonyl (C=O) groups excluding carboxylic acids is 1. The maximum absolute atomic E-state index is 12.3. The van der Waals surface area contributed by atoms with Crippen LogP contribution in [-0.2, 0) is 11.2 Å². The summed E-state index contributed by atoms with van der Waals surface area (Å²) in [5, 5.41) is 16.9. The second-order valence-electron chi connectivity index (χ2n) is 6.38. The van der Waals surface area contributed by atoms with Crippen molar-refractivity contribution in [3.8, 4) is 0 Å². The van der Waals surface area contributed by atoms with Crippen LogP contribution in [0.5, 0.6) is 0 Å². The molecule has 1 aromatic heterocycles. The summed E-state index contributed by atoms with van der Waals surface area (Å²) in [7, 11) is 0. The molecule has 1 aliphatic carbocycles. The van der Waals surface area contributed by atoms with Gasteiger partial charge in [-0.3, -0.25) is 4.79 Å². The highest BCUT2D eigenvalue weighted by molar-refractivity contribution is 5.78. The van der Waals surface area contributed by atoms with Crippen molar-refractivity contribution in [2.24, 2.45) is 0 Å². The van der Waals surface area contributed by atoms with Gasteiger partial charge in [-0.15, -0.1) is 10.2 Å². The Bertz CT molecular complexity index is 448. The van der Waals surface area contributed by atoms with Gasteiger partial charge in [-0.25, -0.2) is 0 Å². The normalized spacial score (nSPS) is 22.3. The Morgan fingerprint density at radius 1 is 1.19 bits per heavy atom. The number of rotatable bonds is 5. The highest BCUT2D eigenvalue weighted by Crippen LogP contribution is 2.30. The number of carbonyl (C=O) groups is 1. The average Bonchev–Trinajstić information content (AvgIpc) is 3.13. The van der Waals surface area contributed by atoms with Crippen LogP contribution in [-0.4, -0.2) is 56.6 Å². The zero-order valence-corrected chi connectivity index (χ0v) is 12.5. The van der Waals surface area contributed by atoms with Gasteiger partial charge in [0.25, 0.3) is 0 Å². The van der Waals surface area contributed by atoms with E-state index in [0.29, 0.717) is 5.82 Å². The van der Waals surface area contributed by atoms with Crippen LogP contribution in [0, 0.1) is 0 Å². The van der Waals surface area contributed by atoms with Gasteiger partial charge in [0, 0.05) is 6.54 Å². The van der Waals surface area contributed by atoms with Crippen molar-refractivity contribution in [3.63, 3.8) is 0 Å². The number of hydrogen-bond acceptors (Lipinski definition) is 5. The number of H-pyrrole nitrogens is 1. The van der Waals surface area contributed by atoms with Crippen molar-refractivity contribution >= 4 is 5.91 Å². The van der Waals surface area contributed by atoms with E-state index in [1.165, 1.54) is 45.2 Å². The molecule has 0 radical (unpaired) electrons. The van der Waals surface area contributed by atoms with Gasteiger partial charge in [-0.05, 0) is 38.8 Å². The van der Waals surface area contributed by atoms with Crippen molar-refractivity contribution in [1.29, 1.82) is 0 Å². The fourth-order valence-corrected chi connectivity index (χ4v) is 3.66. The second kappa shape index (κ2) is 6.51. The van der Waals surface area contributed by atoms with Crippen LogP contribution < -0.4 is 5.32 Å². The van der Waals surface area contributed by atoms with Crippen LogP contribution in [0.25, 0.3) is 0 Å². The molecule has 7 nitrogen and oxygen atoms in total. The molecule has 1 saturated carbocycles. The molecule has 0 aromatic carbocycles. The molecule has 7 heteroatoms. The molecule has 1 aliphatic heterocycles. The summed E-state index contributed by atoms with van der Waals surface area (Å²) in [6.07, 6.45) is 8.64. The van der Waals surface area contributed by atoms with Gasteiger partial charge in [0.1, 0.15) is 0 Å². The van der Waals surface area contributed by atoms with Gasteiger partial charge in [-0.1, -0.05) is 24.5 Å². The molecule has 116 valence electrons. The summed E-state index contributed by atoms with van der Waals surface area (Å²) in [5.74, 6) is 0.470. The fourth-order valence-electron chi connectivity index (χ4n) is 3.66. The number of aromatic amines is 1. The molecule has 2 N–H and O–H groups in total. The van der Waals surface area contributed by atoms with E-state index in [0.717, 1.165) is 19.4 Å². The number of aromatic nitrogens is 4.